The van der Waals surface area contributed by atoms with Crippen molar-refractivity contribution in [3.05, 3.63) is 88.1 Å². The summed E-state index contributed by atoms with van der Waals surface area (Å²) in [7, 11) is 2.44. The molecule has 8 nitrogen and oxygen atoms in total. The number of aromatic nitrogens is 1. The number of fused-ring (bicyclic) bond motifs is 2. The number of benzene rings is 3. The normalized spacial score (nSPS) is 10.7. The van der Waals surface area contributed by atoms with Gasteiger partial charge < -0.3 is 19.4 Å². The third kappa shape index (κ3) is 4.18. The van der Waals surface area contributed by atoms with Gasteiger partial charge in [-0.2, -0.15) is 0 Å². The first-order chi connectivity index (χ1) is 15.9. The van der Waals surface area contributed by atoms with Crippen LogP contribution in [0.2, 0.25) is 0 Å². The lowest BCUT2D eigenvalue weighted by atomic mass is 10.1. The summed E-state index contributed by atoms with van der Waals surface area (Å²) in [6.07, 6.45) is 0. The minimum atomic E-state index is -0.659. The average molecular weight is 444 g/mol. The molecule has 8 heteroatoms. The van der Waals surface area contributed by atoms with Gasteiger partial charge in [0.05, 0.1) is 36.4 Å². The van der Waals surface area contributed by atoms with Gasteiger partial charge in [-0.1, -0.05) is 24.3 Å². The molecular formula is C25H20N2O6. The predicted octanol–water partition coefficient (Wildman–Crippen LogP) is 3.37. The van der Waals surface area contributed by atoms with E-state index in [2.05, 4.69) is 5.32 Å². The van der Waals surface area contributed by atoms with Gasteiger partial charge in [-0.3, -0.25) is 9.59 Å². The second-order valence-electron chi connectivity index (χ2n) is 7.28. The zero-order chi connectivity index (χ0) is 23.5. The second-order valence-corrected chi connectivity index (χ2v) is 7.28. The smallest absolute Gasteiger partial charge is 0.337 e. The van der Waals surface area contributed by atoms with Gasteiger partial charge in [0, 0.05) is 16.5 Å². The second kappa shape index (κ2) is 8.96. The zero-order valence-electron chi connectivity index (χ0n) is 18.0. The highest BCUT2D eigenvalue weighted by molar-refractivity contribution is 6.00. The van der Waals surface area contributed by atoms with Crippen molar-refractivity contribution in [2.45, 2.75) is 6.54 Å². The van der Waals surface area contributed by atoms with Gasteiger partial charge in [-0.05, 0) is 42.5 Å². The van der Waals surface area contributed by atoms with Crippen LogP contribution in [0.25, 0.3) is 21.8 Å². The van der Waals surface area contributed by atoms with Crippen LogP contribution in [0.5, 0.6) is 0 Å². The number of para-hydroxylation sites is 2. The first-order valence-corrected chi connectivity index (χ1v) is 10.0. The molecule has 166 valence electrons. The molecule has 0 aliphatic heterocycles. The Morgan fingerprint density at radius 1 is 0.788 bits per heavy atom. The fourth-order valence-corrected chi connectivity index (χ4v) is 3.76. The largest absolute Gasteiger partial charge is 0.465 e. The summed E-state index contributed by atoms with van der Waals surface area (Å²) in [5, 5.41) is 3.73. The fourth-order valence-electron chi connectivity index (χ4n) is 3.76. The minimum absolute atomic E-state index is 0.0926. The Labute approximate surface area is 188 Å². The van der Waals surface area contributed by atoms with E-state index in [9.17, 15) is 19.2 Å². The topological polar surface area (TPSA) is 104 Å². The number of hydrogen-bond donors (Lipinski definition) is 1. The summed E-state index contributed by atoms with van der Waals surface area (Å²) >= 11 is 0. The van der Waals surface area contributed by atoms with E-state index in [1.54, 1.807) is 53.1 Å². The lowest BCUT2D eigenvalue weighted by molar-refractivity contribution is -0.116. The van der Waals surface area contributed by atoms with Crippen molar-refractivity contribution < 1.29 is 23.9 Å². The summed E-state index contributed by atoms with van der Waals surface area (Å²) in [6.45, 7) is -0.0999. The molecule has 3 aromatic carbocycles. The van der Waals surface area contributed by atoms with Gasteiger partial charge in [-0.25, -0.2) is 9.59 Å². The summed E-state index contributed by atoms with van der Waals surface area (Å²) in [6, 6.07) is 18.3. The van der Waals surface area contributed by atoms with E-state index in [0.29, 0.717) is 21.8 Å². The number of amides is 1. The first-order valence-electron chi connectivity index (χ1n) is 10.0. The fraction of sp³-hybridized carbons (Fsp3) is 0.120. The summed E-state index contributed by atoms with van der Waals surface area (Å²) in [4.78, 5) is 49.9. The molecule has 0 aliphatic carbocycles. The van der Waals surface area contributed by atoms with Gasteiger partial charge >= 0.3 is 11.9 Å². The first kappa shape index (κ1) is 21.8. The Hall–Kier alpha value is -4.46. The van der Waals surface area contributed by atoms with E-state index in [1.165, 1.54) is 32.4 Å². The number of carbonyl (C=O) groups excluding carboxylic acids is 3. The van der Waals surface area contributed by atoms with Crippen LogP contribution in [0, 0.1) is 0 Å². The third-order valence-electron chi connectivity index (χ3n) is 5.24. The summed E-state index contributed by atoms with van der Waals surface area (Å²) in [5.41, 5.74) is 1.55. The van der Waals surface area contributed by atoms with Gasteiger partial charge in [-0.15, -0.1) is 0 Å². The lowest BCUT2D eigenvalue weighted by Crippen LogP contribution is -2.22. The number of pyridine rings is 1. The van der Waals surface area contributed by atoms with E-state index in [0.717, 1.165) is 0 Å². The van der Waals surface area contributed by atoms with Crippen molar-refractivity contribution >= 4 is 45.3 Å². The van der Waals surface area contributed by atoms with Crippen molar-refractivity contribution in [2.24, 2.45) is 0 Å². The molecule has 1 aromatic heterocycles. The maximum absolute atomic E-state index is 13.0. The number of nitrogens with one attached hydrogen (secondary N) is 1. The quantitative estimate of drug-likeness (QED) is 0.374. The van der Waals surface area contributed by atoms with Crippen LogP contribution in [-0.2, 0) is 20.8 Å². The zero-order valence-corrected chi connectivity index (χ0v) is 18.0. The van der Waals surface area contributed by atoms with Gasteiger partial charge in [0.15, 0.2) is 5.43 Å². The maximum Gasteiger partial charge on any atom is 0.337 e. The van der Waals surface area contributed by atoms with Crippen molar-refractivity contribution in [3.63, 3.8) is 0 Å². The van der Waals surface area contributed by atoms with Crippen molar-refractivity contribution in [3.8, 4) is 0 Å². The molecule has 4 rings (SSSR count). The van der Waals surface area contributed by atoms with Crippen molar-refractivity contribution in [2.75, 3.05) is 19.5 Å². The average Bonchev–Trinajstić information content (AvgIpc) is 2.85. The number of esters is 2. The van der Waals surface area contributed by atoms with Gasteiger partial charge in [0.25, 0.3) is 0 Å². The lowest BCUT2D eigenvalue weighted by Gasteiger charge is -2.15. The maximum atomic E-state index is 13.0. The Kier molecular flexibility index (Phi) is 5.91. The SMILES string of the molecule is COC(=O)c1cc(NC(=O)Cn2c3ccccc3c(=O)c3ccccc32)cc(C(=O)OC)c1. The standard InChI is InChI=1S/C25H20N2O6/c1-32-24(30)15-11-16(25(31)33-2)13-17(12-15)26-22(28)14-27-20-9-5-3-7-18(20)23(29)19-8-4-6-10-21(19)27/h3-13H,14H2,1-2H3,(H,26,28). The summed E-state index contributed by atoms with van der Waals surface area (Å²) < 4.78 is 11.2. The van der Waals surface area contributed by atoms with Crippen molar-refractivity contribution in [1.82, 2.24) is 4.57 Å². The van der Waals surface area contributed by atoms with Gasteiger partial charge in [0.1, 0.15) is 6.54 Å². The predicted molar refractivity (Wildman–Crippen MR) is 123 cm³/mol. The summed E-state index contributed by atoms with van der Waals surface area (Å²) in [5.74, 6) is -1.73. The van der Waals surface area contributed by atoms with Crippen LogP contribution in [0.1, 0.15) is 20.7 Å². The molecule has 0 bridgehead atoms. The van der Waals surface area contributed by atoms with E-state index in [-0.39, 0.29) is 28.8 Å². The van der Waals surface area contributed by atoms with Crippen LogP contribution in [0.3, 0.4) is 0 Å². The Morgan fingerprint density at radius 2 is 1.27 bits per heavy atom. The number of carbonyl (C=O) groups is 3. The molecule has 0 aliphatic rings. The van der Waals surface area contributed by atoms with E-state index >= 15 is 0 Å². The Morgan fingerprint density at radius 3 is 1.76 bits per heavy atom. The van der Waals surface area contributed by atoms with Crippen LogP contribution in [0.15, 0.2) is 71.5 Å². The number of rotatable bonds is 5. The number of anilines is 1. The highest BCUT2D eigenvalue weighted by Gasteiger charge is 2.17. The minimum Gasteiger partial charge on any atom is -0.465 e. The highest BCUT2D eigenvalue weighted by Crippen LogP contribution is 2.21. The van der Waals surface area contributed by atoms with Crippen molar-refractivity contribution in [1.29, 1.82) is 0 Å². The number of ether oxygens (including phenoxy) is 2. The Bertz CT molecular complexity index is 1380. The van der Waals surface area contributed by atoms with Gasteiger partial charge in [0.2, 0.25) is 5.91 Å². The molecule has 33 heavy (non-hydrogen) atoms. The molecule has 1 amide bonds. The number of methoxy groups -OCH3 is 2. The molecule has 1 N–H and O–H groups in total. The molecule has 0 spiro atoms. The highest BCUT2D eigenvalue weighted by atomic mass is 16.5. The molecule has 0 atom stereocenters. The van der Waals surface area contributed by atoms with E-state index in [1.807, 2.05) is 0 Å². The van der Waals surface area contributed by atoms with E-state index < -0.39 is 17.8 Å². The molecular weight excluding hydrogens is 424 g/mol. The Balaban J connectivity index is 1.74. The molecule has 0 fully saturated rings. The molecule has 0 unspecified atom stereocenters. The van der Waals surface area contributed by atoms with Crippen LogP contribution in [-0.4, -0.2) is 36.6 Å². The molecule has 0 radical (unpaired) electrons. The molecule has 1 heterocycles. The molecule has 0 saturated heterocycles. The third-order valence-corrected chi connectivity index (χ3v) is 5.24. The van der Waals surface area contributed by atoms with Crippen LogP contribution >= 0.6 is 0 Å². The van der Waals surface area contributed by atoms with E-state index in [4.69, 9.17) is 9.47 Å². The number of nitrogens with zero attached hydrogens (tertiary/aromatic N) is 1. The van der Waals surface area contributed by atoms with Crippen LogP contribution < -0.4 is 10.7 Å². The number of hydrogen-bond acceptors (Lipinski definition) is 6. The van der Waals surface area contributed by atoms with Crippen LogP contribution in [0.4, 0.5) is 5.69 Å². The molecule has 4 aromatic rings. The molecule has 0 saturated carbocycles. The monoisotopic (exact) mass is 444 g/mol.